The lowest BCUT2D eigenvalue weighted by Gasteiger charge is -2.49. The van der Waals surface area contributed by atoms with Gasteiger partial charge in [0.1, 0.15) is 30.0 Å². The fourth-order valence-corrected chi connectivity index (χ4v) is 6.43. The molecule has 3 N–H and O–H groups in total. The second-order valence-corrected chi connectivity index (χ2v) is 9.90. The first kappa shape index (κ1) is 22.2. The van der Waals surface area contributed by atoms with Gasteiger partial charge in [-0.2, -0.15) is 4.37 Å². The van der Waals surface area contributed by atoms with Crippen molar-refractivity contribution in [2.24, 2.45) is 0 Å². The maximum absolute atomic E-state index is 12.7. The van der Waals surface area contributed by atoms with E-state index in [4.69, 9.17) is 5.11 Å². The zero-order valence-corrected chi connectivity index (χ0v) is 18.5. The molecule has 1 unspecified atom stereocenters. The van der Waals surface area contributed by atoms with Crippen LogP contribution in [-0.4, -0.2) is 86.4 Å². The van der Waals surface area contributed by atoms with Crippen molar-refractivity contribution in [1.29, 1.82) is 0 Å². The third-order valence-corrected chi connectivity index (χ3v) is 7.96. The molecule has 2 amide bonds. The summed E-state index contributed by atoms with van der Waals surface area (Å²) in [6.45, 7) is -0.156. The Morgan fingerprint density at radius 1 is 1.31 bits per heavy atom. The molecule has 32 heavy (non-hydrogen) atoms. The number of tetrazole rings is 1. The van der Waals surface area contributed by atoms with Gasteiger partial charge in [-0.25, -0.2) is 9.48 Å². The normalized spacial score (nSPS) is 20.0. The predicted octanol–water partition coefficient (Wildman–Crippen LogP) is -0.712. The number of nitrogens with one attached hydrogen (secondary N) is 1. The molecular formula is C16H15N7O6S3. The van der Waals surface area contributed by atoms with E-state index in [1.54, 1.807) is 6.07 Å². The number of fused-ring (bicyclic) bond motifs is 1. The lowest BCUT2D eigenvalue weighted by Crippen LogP contribution is -2.70. The number of carbonyl (C=O) groups is 4. The van der Waals surface area contributed by atoms with Crippen LogP contribution >= 0.6 is 35.1 Å². The lowest BCUT2D eigenvalue weighted by molar-refractivity contribution is -0.150. The SMILES string of the molecule is O=C(O)Cc1cc(SCC2=C(C(=O)O)N3C(=O)C(NC(=O)Cn4cnnn4)[C@@H]3SC2)sn1. The molecule has 16 heteroatoms. The minimum atomic E-state index is -1.21. The first-order valence-corrected chi connectivity index (χ1v) is 11.8. The molecular weight excluding hydrogens is 482 g/mol. The van der Waals surface area contributed by atoms with Gasteiger partial charge in [-0.3, -0.25) is 19.3 Å². The minimum Gasteiger partial charge on any atom is -0.481 e. The number of hydrogen-bond acceptors (Lipinski definition) is 11. The van der Waals surface area contributed by atoms with Crippen molar-refractivity contribution < 1.29 is 29.4 Å². The summed E-state index contributed by atoms with van der Waals surface area (Å²) >= 11 is 3.85. The Kier molecular flexibility index (Phi) is 6.43. The molecule has 2 aromatic rings. The maximum Gasteiger partial charge on any atom is 0.352 e. The summed E-state index contributed by atoms with van der Waals surface area (Å²) in [6.07, 6.45) is 1.09. The molecule has 0 spiro atoms. The highest BCUT2D eigenvalue weighted by molar-refractivity contribution is 8.01. The predicted molar refractivity (Wildman–Crippen MR) is 112 cm³/mol. The molecule has 0 aliphatic carbocycles. The molecule has 1 fully saturated rings. The highest BCUT2D eigenvalue weighted by atomic mass is 32.2. The Morgan fingerprint density at radius 3 is 2.81 bits per heavy atom. The van der Waals surface area contributed by atoms with Crippen molar-refractivity contribution in [2.75, 3.05) is 11.5 Å². The van der Waals surface area contributed by atoms with Crippen molar-refractivity contribution in [3.05, 3.63) is 29.4 Å². The number of aliphatic carboxylic acids is 2. The fraction of sp³-hybridized carbons (Fsp3) is 0.375. The van der Waals surface area contributed by atoms with Crippen molar-refractivity contribution in [1.82, 2.24) is 34.8 Å². The Bertz CT molecular complexity index is 1100. The first-order valence-electron chi connectivity index (χ1n) is 9.04. The van der Waals surface area contributed by atoms with Gasteiger partial charge in [-0.05, 0) is 33.6 Å². The number of hydrogen-bond donors (Lipinski definition) is 3. The van der Waals surface area contributed by atoms with Crippen LogP contribution in [0, 0.1) is 0 Å². The quantitative estimate of drug-likeness (QED) is 0.293. The maximum atomic E-state index is 12.7. The molecule has 0 bridgehead atoms. The number of carbonyl (C=O) groups excluding carboxylic acids is 2. The summed E-state index contributed by atoms with van der Waals surface area (Å²) in [5.41, 5.74) is 0.935. The van der Waals surface area contributed by atoms with Crippen molar-refractivity contribution in [2.45, 2.75) is 28.6 Å². The van der Waals surface area contributed by atoms with Crippen molar-refractivity contribution >= 4 is 58.8 Å². The highest BCUT2D eigenvalue weighted by Gasteiger charge is 2.54. The largest absolute Gasteiger partial charge is 0.481 e. The summed E-state index contributed by atoms with van der Waals surface area (Å²) in [5.74, 6) is -2.45. The Hall–Kier alpha value is -2.98. The van der Waals surface area contributed by atoms with E-state index >= 15 is 0 Å². The van der Waals surface area contributed by atoms with E-state index in [-0.39, 0.29) is 18.7 Å². The molecule has 1 saturated heterocycles. The number of rotatable bonds is 9. The van der Waals surface area contributed by atoms with Crippen LogP contribution in [0.1, 0.15) is 5.69 Å². The topological polar surface area (TPSA) is 180 Å². The molecule has 168 valence electrons. The van der Waals surface area contributed by atoms with E-state index in [9.17, 15) is 24.3 Å². The molecule has 2 aliphatic heterocycles. The summed E-state index contributed by atoms with van der Waals surface area (Å²) in [5, 5.41) is 31.1. The van der Waals surface area contributed by atoms with Crippen LogP contribution in [0.4, 0.5) is 0 Å². The molecule has 0 saturated carbocycles. The average Bonchev–Trinajstić information content (AvgIpc) is 3.41. The van der Waals surface area contributed by atoms with Gasteiger partial charge in [0, 0.05) is 11.5 Å². The van der Waals surface area contributed by atoms with Crippen LogP contribution in [-0.2, 0) is 32.1 Å². The van der Waals surface area contributed by atoms with Crippen LogP contribution in [0.25, 0.3) is 0 Å². The van der Waals surface area contributed by atoms with Crippen LogP contribution in [0.2, 0.25) is 0 Å². The highest BCUT2D eigenvalue weighted by Crippen LogP contribution is 2.41. The molecule has 0 aromatic carbocycles. The van der Waals surface area contributed by atoms with Crippen LogP contribution < -0.4 is 5.32 Å². The average molecular weight is 498 g/mol. The fourth-order valence-electron chi connectivity index (χ4n) is 3.17. The minimum absolute atomic E-state index is 0.0764. The number of carboxylic acid groups (broad SMARTS) is 2. The van der Waals surface area contributed by atoms with Gasteiger partial charge in [-0.1, -0.05) is 0 Å². The first-order chi connectivity index (χ1) is 15.3. The zero-order chi connectivity index (χ0) is 22.8. The molecule has 0 radical (unpaired) electrons. The number of thioether (sulfide) groups is 2. The van der Waals surface area contributed by atoms with E-state index < -0.39 is 35.2 Å². The summed E-state index contributed by atoms with van der Waals surface area (Å²) in [4.78, 5) is 48.7. The van der Waals surface area contributed by atoms with Crippen molar-refractivity contribution in [3.8, 4) is 0 Å². The second kappa shape index (κ2) is 9.25. The second-order valence-electron chi connectivity index (χ2n) is 6.72. The van der Waals surface area contributed by atoms with E-state index in [0.717, 1.165) is 15.7 Å². The standard InChI is InChI=1S/C16H15N7O6S3/c24-9(3-22-6-17-20-21-22)18-12-14(27)23-13(16(28)29)7(5-31-15(12)23)4-30-11-2-8(19-32-11)1-10(25)26/h2,6,12,15H,1,3-5H2,(H,18,24)(H,25,26)(H,28,29)/t12?,15-/m0/s1. The van der Waals surface area contributed by atoms with Gasteiger partial charge in [0.15, 0.2) is 0 Å². The smallest absolute Gasteiger partial charge is 0.352 e. The molecule has 4 heterocycles. The zero-order valence-electron chi connectivity index (χ0n) is 16.1. The van der Waals surface area contributed by atoms with Gasteiger partial charge >= 0.3 is 11.9 Å². The third-order valence-electron chi connectivity index (χ3n) is 4.52. The van der Waals surface area contributed by atoms with E-state index in [1.807, 2.05) is 0 Å². The van der Waals surface area contributed by atoms with E-state index in [1.165, 1.54) is 39.4 Å². The van der Waals surface area contributed by atoms with E-state index in [2.05, 4.69) is 25.2 Å². The molecule has 2 aliphatic rings. The van der Waals surface area contributed by atoms with Crippen LogP contribution in [0.15, 0.2) is 27.9 Å². The lowest BCUT2D eigenvalue weighted by atomic mass is 10.0. The number of amides is 2. The van der Waals surface area contributed by atoms with Gasteiger partial charge in [0.05, 0.1) is 16.3 Å². The van der Waals surface area contributed by atoms with Crippen molar-refractivity contribution in [3.63, 3.8) is 0 Å². The number of β-lactam (4-membered cyclic amide) rings is 1. The van der Waals surface area contributed by atoms with Crippen LogP contribution in [0.3, 0.4) is 0 Å². The Labute approximate surface area is 192 Å². The molecule has 4 rings (SSSR count). The van der Waals surface area contributed by atoms with Gasteiger partial charge in [0.25, 0.3) is 5.91 Å². The molecule has 2 atom stereocenters. The summed E-state index contributed by atoms with van der Waals surface area (Å²) in [7, 11) is 0. The number of carboxylic acids is 2. The summed E-state index contributed by atoms with van der Waals surface area (Å²) in [6, 6.07) is 0.835. The third kappa shape index (κ3) is 4.61. The number of nitrogens with zero attached hydrogens (tertiary/aromatic N) is 6. The van der Waals surface area contributed by atoms with Gasteiger partial charge < -0.3 is 15.5 Å². The van der Waals surface area contributed by atoms with Crippen LogP contribution in [0.5, 0.6) is 0 Å². The monoisotopic (exact) mass is 497 g/mol. The molecule has 13 nitrogen and oxygen atoms in total. The van der Waals surface area contributed by atoms with E-state index in [0.29, 0.717) is 22.8 Å². The Balaban J connectivity index is 1.41. The molecule has 2 aromatic heterocycles. The number of aromatic nitrogens is 5. The summed E-state index contributed by atoms with van der Waals surface area (Å²) < 4.78 is 6.04. The Morgan fingerprint density at radius 2 is 2.12 bits per heavy atom. The van der Waals surface area contributed by atoms with Gasteiger partial charge in [0.2, 0.25) is 5.91 Å². The van der Waals surface area contributed by atoms with Gasteiger partial charge in [-0.15, -0.1) is 28.6 Å².